The highest BCUT2D eigenvalue weighted by Crippen LogP contribution is 2.43. The van der Waals surface area contributed by atoms with Crippen LogP contribution in [-0.4, -0.2) is 24.2 Å². The summed E-state index contributed by atoms with van der Waals surface area (Å²) in [7, 11) is 1.37. The zero-order valence-electron chi connectivity index (χ0n) is 26.7. The number of carbonyl (C=O) groups excluding carboxylic acids is 2. The number of ether oxygens (including phenoxy) is 5. The third kappa shape index (κ3) is 7.73. The summed E-state index contributed by atoms with van der Waals surface area (Å²) in [6.07, 6.45) is 0. The molecule has 0 aromatic heterocycles. The van der Waals surface area contributed by atoms with E-state index in [0.29, 0.717) is 34.8 Å². The van der Waals surface area contributed by atoms with Crippen LogP contribution in [0.15, 0.2) is 103 Å². The van der Waals surface area contributed by atoms with Gasteiger partial charge < -0.3 is 28.8 Å². The Bertz CT molecular complexity index is 1850. The van der Waals surface area contributed by atoms with E-state index in [4.69, 9.17) is 23.7 Å². The standard InChI is InChI=1S/C39H36O8/c1-25-20-32(43-4)34(38(41)46-24-30-18-12-7-13-19-30)35(40)33(25)39(42)47-36-26(2)21-31(44-22-28-14-8-5-9-15-28)27(3)37(36)45-23-29-16-10-6-11-17-29/h5-21,40H,22-24H2,1-4H3. The lowest BCUT2D eigenvalue weighted by Gasteiger charge is -2.20. The van der Waals surface area contributed by atoms with Crippen molar-refractivity contribution in [3.8, 4) is 28.7 Å². The Hall–Kier alpha value is -5.76. The quantitative estimate of drug-likeness (QED) is 0.109. The first-order chi connectivity index (χ1) is 22.8. The van der Waals surface area contributed by atoms with E-state index in [1.807, 2.05) is 97.9 Å². The van der Waals surface area contributed by atoms with Crippen LogP contribution in [0, 0.1) is 20.8 Å². The molecule has 0 aliphatic rings. The second-order valence-electron chi connectivity index (χ2n) is 11.0. The van der Waals surface area contributed by atoms with Crippen LogP contribution in [-0.2, 0) is 24.6 Å². The molecule has 0 unspecified atom stereocenters. The molecule has 0 radical (unpaired) electrons. The third-order valence-corrected chi connectivity index (χ3v) is 7.58. The van der Waals surface area contributed by atoms with Gasteiger partial charge in [0.05, 0.1) is 7.11 Å². The minimum Gasteiger partial charge on any atom is -0.506 e. The van der Waals surface area contributed by atoms with Crippen molar-refractivity contribution >= 4 is 11.9 Å². The van der Waals surface area contributed by atoms with Crippen LogP contribution in [0.4, 0.5) is 0 Å². The summed E-state index contributed by atoms with van der Waals surface area (Å²) in [6, 6.07) is 31.8. The summed E-state index contributed by atoms with van der Waals surface area (Å²) < 4.78 is 29.3. The van der Waals surface area contributed by atoms with Gasteiger partial charge in [0.1, 0.15) is 48.2 Å². The van der Waals surface area contributed by atoms with E-state index in [1.54, 1.807) is 19.9 Å². The van der Waals surface area contributed by atoms with Gasteiger partial charge in [-0.2, -0.15) is 0 Å². The molecule has 1 N–H and O–H groups in total. The molecule has 5 rings (SSSR count). The maximum atomic E-state index is 13.8. The van der Waals surface area contributed by atoms with Crippen molar-refractivity contribution in [2.45, 2.75) is 40.6 Å². The SMILES string of the molecule is COc1cc(C)c(C(=O)Oc2c(C)cc(OCc3ccccc3)c(C)c2OCc2ccccc2)c(O)c1C(=O)OCc1ccccc1. The van der Waals surface area contributed by atoms with E-state index < -0.39 is 17.7 Å². The molecule has 0 amide bonds. The number of methoxy groups -OCH3 is 1. The lowest BCUT2D eigenvalue weighted by atomic mass is 10.0. The smallest absolute Gasteiger partial charge is 0.347 e. The number of benzene rings is 5. The normalized spacial score (nSPS) is 10.6. The van der Waals surface area contributed by atoms with Crippen LogP contribution in [0.1, 0.15) is 54.1 Å². The maximum Gasteiger partial charge on any atom is 0.347 e. The van der Waals surface area contributed by atoms with Crippen LogP contribution < -0.4 is 18.9 Å². The first-order valence-electron chi connectivity index (χ1n) is 15.1. The second-order valence-corrected chi connectivity index (χ2v) is 11.0. The van der Waals surface area contributed by atoms with Gasteiger partial charge >= 0.3 is 11.9 Å². The van der Waals surface area contributed by atoms with Gasteiger partial charge in [0.15, 0.2) is 11.5 Å². The monoisotopic (exact) mass is 632 g/mol. The highest BCUT2D eigenvalue weighted by molar-refractivity contribution is 6.03. The molecule has 0 saturated heterocycles. The number of rotatable bonds is 12. The number of aromatic hydroxyl groups is 1. The maximum absolute atomic E-state index is 13.8. The first kappa shape index (κ1) is 32.6. The van der Waals surface area contributed by atoms with Crippen LogP contribution in [0.25, 0.3) is 0 Å². The summed E-state index contributed by atoms with van der Waals surface area (Å²) in [5.74, 6) is -1.22. The Morgan fingerprint density at radius 3 is 1.66 bits per heavy atom. The van der Waals surface area contributed by atoms with Gasteiger partial charge in [0, 0.05) is 5.56 Å². The minimum absolute atomic E-state index is 0.0325. The highest BCUT2D eigenvalue weighted by atomic mass is 16.6. The van der Waals surface area contributed by atoms with Crippen LogP contribution in [0.3, 0.4) is 0 Å². The average molecular weight is 633 g/mol. The van der Waals surface area contributed by atoms with Gasteiger partial charge in [-0.1, -0.05) is 91.0 Å². The van der Waals surface area contributed by atoms with Gasteiger partial charge in [-0.3, -0.25) is 0 Å². The second kappa shape index (κ2) is 15.0. The number of phenolic OH excluding ortho intramolecular Hbond substituents is 1. The van der Waals surface area contributed by atoms with E-state index in [-0.39, 0.29) is 35.8 Å². The fraction of sp³-hybridized carbons (Fsp3) is 0.179. The summed E-state index contributed by atoms with van der Waals surface area (Å²) in [5, 5.41) is 11.3. The van der Waals surface area contributed by atoms with Gasteiger partial charge in [0.25, 0.3) is 0 Å². The Kier molecular flexibility index (Phi) is 10.4. The van der Waals surface area contributed by atoms with E-state index in [9.17, 15) is 14.7 Å². The number of esters is 2. The number of aryl methyl sites for hydroxylation is 2. The largest absolute Gasteiger partial charge is 0.506 e. The van der Waals surface area contributed by atoms with Gasteiger partial charge in [-0.25, -0.2) is 9.59 Å². The first-order valence-corrected chi connectivity index (χ1v) is 15.1. The fourth-order valence-electron chi connectivity index (χ4n) is 5.07. The Labute approximate surface area is 274 Å². The van der Waals surface area contributed by atoms with Gasteiger partial charge in [0.2, 0.25) is 0 Å². The van der Waals surface area contributed by atoms with Crippen molar-refractivity contribution in [1.82, 2.24) is 0 Å². The summed E-state index contributed by atoms with van der Waals surface area (Å²) in [5.41, 5.74) is 3.74. The Morgan fingerprint density at radius 1 is 0.596 bits per heavy atom. The molecule has 0 atom stereocenters. The van der Waals surface area contributed by atoms with Crippen LogP contribution in [0.5, 0.6) is 28.7 Å². The average Bonchev–Trinajstić information content (AvgIpc) is 3.09. The molecule has 47 heavy (non-hydrogen) atoms. The molecule has 0 spiro atoms. The van der Waals surface area contributed by atoms with E-state index in [2.05, 4.69) is 0 Å². The van der Waals surface area contributed by atoms with Crippen LogP contribution >= 0.6 is 0 Å². The molecule has 0 saturated carbocycles. The molecule has 5 aromatic rings. The number of phenols is 1. The Morgan fingerprint density at radius 2 is 1.11 bits per heavy atom. The summed E-state index contributed by atoms with van der Waals surface area (Å²) in [4.78, 5) is 27.0. The molecule has 0 aliphatic carbocycles. The van der Waals surface area contributed by atoms with Crippen molar-refractivity contribution in [2.24, 2.45) is 0 Å². The molecule has 0 fully saturated rings. The predicted molar refractivity (Wildman–Crippen MR) is 177 cm³/mol. The van der Waals surface area contributed by atoms with Gasteiger partial charge in [-0.05, 0) is 60.7 Å². The third-order valence-electron chi connectivity index (χ3n) is 7.58. The Balaban J connectivity index is 1.47. The predicted octanol–water partition coefficient (Wildman–Crippen LogP) is 8.06. The highest BCUT2D eigenvalue weighted by Gasteiger charge is 2.30. The van der Waals surface area contributed by atoms with Crippen molar-refractivity contribution in [3.05, 3.63) is 148 Å². The lowest BCUT2D eigenvalue weighted by molar-refractivity contribution is 0.0465. The topological polar surface area (TPSA) is 101 Å². The zero-order valence-corrected chi connectivity index (χ0v) is 26.7. The van der Waals surface area contributed by atoms with E-state index in [1.165, 1.54) is 13.2 Å². The molecular formula is C39H36O8. The van der Waals surface area contributed by atoms with Gasteiger partial charge in [-0.15, -0.1) is 0 Å². The zero-order chi connectivity index (χ0) is 33.3. The van der Waals surface area contributed by atoms with E-state index in [0.717, 1.165) is 16.7 Å². The fourth-order valence-corrected chi connectivity index (χ4v) is 5.07. The van der Waals surface area contributed by atoms with Crippen molar-refractivity contribution in [1.29, 1.82) is 0 Å². The molecule has 0 bridgehead atoms. The van der Waals surface area contributed by atoms with Crippen molar-refractivity contribution in [2.75, 3.05) is 7.11 Å². The molecule has 0 aliphatic heterocycles. The summed E-state index contributed by atoms with van der Waals surface area (Å²) in [6.45, 7) is 5.73. The van der Waals surface area contributed by atoms with Crippen LogP contribution in [0.2, 0.25) is 0 Å². The lowest BCUT2D eigenvalue weighted by Crippen LogP contribution is -2.16. The molecule has 5 aromatic carbocycles. The molecule has 240 valence electrons. The minimum atomic E-state index is -0.884. The number of carbonyl (C=O) groups is 2. The number of hydrogen-bond donors (Lipinski definition) is 1. The molecular weight excluding hydrogens is 596 g/mol. The summed E-state index contributed by atoms with van der Waals surface area (Å²) >= 11 is 0. The molecule has 0 heterocycles. The number of hydrogen-bond acceptors (Lipinski definition) is 8. The molecule has 8 heteroatoms. The van der Waals surface area contributed by atoms with Crippen molar-refractivity contribution in [3.63, 3.8) is 0 Å². The molecule has 8 nitrogen and oxygen atoms in total. The van der Waals surface area contributed by atoms with E-state index >= 15 is 0 Å². The van der Waals surface area contributed by atoms with Crippen molar-refractivity contribution < 1.29 is 38.4 Å².